The van der Waals surface area contributed by atoms with Crippen LogP contribution in [0.3, 0.4) is 0 Å². The average Bonchev–Trinajstić information content (AvgIpc) is 2.67. The number of carbonyl (C=O) groups excluding carboxylic acids is 1. The second-order valence-corrected chi connectivity index (χ2v) is 4.07. The van der Waals surface area contributed by atoms with Gasteiger partial charge in [0.15, 0.2) is 0 Å². The van der Waals surface area contributed by atoms with Crippen LogP contribution in [0.25, 0.3) is 0 Å². The summed E-state index contributed by atoms with van der Waals surface area (Å²) in [5.74, 6) is -0.386. The fourth-order valence-electron chi connectivity index (χ4n) is 1.99. The number of nitrogens with one attached hydrogen (secondary N) is 1. The summed E-state index contributed by atoms with van der Waals surface area (Å²) < 4.78 is 18.5. The Morgan fingerprint density at radius 1 is 1.59 bits per heavy atom. The van der Waals surface area contributed by atoms with Crippen molar-refractivity contribution < 1.29 is 24.2 Å². The lowest BCUT2D eigenvalue weighted by molar-refractivity contribution is -0.0736. The molecule has 0 bridgehead atoms. The lowest BCUT2D eigenvalue weighted by atomic mass is 10.2. The molecular weight excluding hydrogens is 233 g/mol. The molecule has 7 nitrogen and oxygen atoms in total. The zero-order valence-corrected chi connectivity index (χ0v) is 9.04. The average molecular weight is 247 g/mol. The molecule has 0 aliphatic carbocycles. The third kappa shape index (κ3) is 2.11. The first-order chi connectivity index (χ1) is 8.04. The summed E-state index contributed by atoms with van der Waals surface area (Å²) in [5, 5.41) is 25.4. The molecule has 0 spiro atoms. The fraction of sp³-hybridized carbons (Fsp3) is 0.778. The van der Waals surface area contributed by atoms with Gasteiger partial charge in [0.1, 0.15) is 18.2 Å². The number of rotatable bonds is 2. The molecule has 2 aliphatic rings. The number of ether oxygens (including phenoxy) is 1. The Balaban J connectivity index is 2.04. The van der Waals surface area contributed by atoms with Gasteiger partial charge in [0.25, 0.3) is 0 Å². The van der Waals surface area contributed by atoms with E-state index in [9.17, 15) is 14.4 Å². The van der Waals surface area contributed by atoms with Crippen molar-refractivity contribution in [3.05, 3.63) is 0 Å². The van der Waals surface area contributed by atoms with Crippen LogP contribution in [-0.4, -0.2) is 63.7 Å². The van der Waals surface area contributed by atoms with Gasteiger partial charge in [-0.15, -0.1) is 5.12 Å². The van der Waals surface area contributed by atoms with Crippen molar-refractivity contribution in [1.29, 1.82) is 5.41 Å². The van der Waals surface area contributed by atoms with Gasteiger partial charge in [-0.3, -0.25) is 10.3 Å². The second kappa shape index (κ2) is 4.55. The van der Waals surface area contributed by atoms with Crippen LogP contribution in [0, 0.1) is 5.41 Å². The summed E-state index contributed by atoms with van der Waals surface area (Å²) in [6.07, 6.45) is -2.13. The quantitative estimate of drug-likeness (QED) is 0.570. The number of amidine groups is 1. The molecule has 0 aromatic heterocycles. The zero-order chi connectivity index (χ0) is 12.6. The van der Waals surface area contributed by atoms with E-state index >= 15 is 0 Å². The molecule has 2 saturated heterocycles. The molecule has 2 fully saturated rings. The van der Waals surface area contributed by atoms with E-state index in [1.54, 1.807) is 0 Å². The molecule has 8 heteroatoms. The molecule has 2 aliphatic heterocycles. The topological polar surface area (TPSA) is 97.1 Å². The maximum atomic E-state index is 13.2. The van der Waals surface area contributed by atoms with E-state index in [1.165, 1.54) is 0 Å². The summed E-state index contributed by atoms with van der Waals surface area (Å²) in [6.45, 7) is -0.178. The number of carbonyl (C=O) groups is 1. The third-order valence-electron chi connectivity index (χ3n) is 2.97. The maximum absolute atomic E-state index is 13.2. The minimum Gasteiger partial charge on any atom is -0.394 e. The Morgan fingerprint density at radius 2 is 2.29 bits per heavy atom. The van der Waals surface area contributed by atoms with Gasteiger partial charge in [-0.1, -0.05) is 4.48 Å². The van der Waals surface area contributed by atoms with E-state index in [0.29, 0.717) is 0 Å². The van der Waals surface area contributed by atoms with Gasteiger partial charge < -0.3 is 14.9 Å². The van der Waals surface area contributed by atoms with Gasteiger partial charge in [0.05, 0.1) is 12.7 Å². The van der Waals surface area contributed by atoms with E-state index in [2.05, 4.69) is 0 Å². The number of urea groups is 1. The van der Waals surface area contributed by atoms with Gasteiger partial charge in [-0.05, 0) is 0 Å². The summed E-state index contributed by atoms with van der Waals surface area (Å²) in [5.41, 5.74) is 0. The van der Waals surface area contributed by atoms with Crippen molar-refractivity contribution in [2.75, 3.05) is 13.2 Å². The van der Waals surface area contributed by atoms with Crippen LogP contribution < -0.4 is 0 Å². The molecule has 2 rings (SSSR count). The molecule has 96 valence electrons. The summed E-state index contributed by atoms with van der Waals surface area (Å²) in [7, 11) is 0. The lowest BCUT2D eigenvalue weighted by Gasteiger charge is -2.34. The van der Waals surface area contributed by atoms with Crippen molar-refractivity contribution in [3.8, 4) is 0 Å². The van der Waals surface area contributed by atoms with Crippen LogP contribution in [-0.2, 0) is 4.74 Å². The Labute approximate surface area is 96.8 Å². The van der Waals surface area contributed by atoms with Crippen LogP contribution in [0.2, 0.25) is 0 Å². The standard InChI is InChI=1S/C9H14FN3O4/c10-13-7(11)1-2-12(9(13)16)8-3-5(15)6(4-14)17-8/h5-6,8,11,14-15H,1-4H2/t5-,6+,8+/m0/s1. The molecule has 3 N–H and O–H groups in total. The van der Waals surface area contributed by atoms with Gasteiger partial charge in [-0.2, -0.15) is 0 Å². The van der Waals surface area contributed by atoms with Crippen LogP contribution in [0.4, 0.5) is 9.28 Å². The number of hydrogen-bond donors (Lipinski definition) is 3. The van der Waals surface area contributed by atoms with Gasteiger partial charge in [-0.25, -0.2) is 4.79 Å². The highest BCUT2D eigenvalue weighted by Gasteiger charge is 2.42. The minimum atomic E-state index is -0.961. The van der Waals surface area contributed by atoms with Gasteiger partial charge >= 0.3 is 6.03 Å². The molecule has 17 heavy (non-hydrogen) atoms. The van der Waals surface area contributed by atoms with E-state index in [4.69, 9.17) is 15.3 Å². The van der Waals surface area contributed by atoms with Crippen molar-refractivity contribution in [3.63, 3.8) is 0 Å². The fourth-order valence-corrected chi connectivity index (χ4v) is 1.99. The van der Waals surface area contributed by atoms with E-state index in [-0.39, 0.29) is 37.0 Å². The van der Waals surface area contributed by atoms with Crippen LogP contribution in [0.5, 0.6) is 0 Å². The van der Waals surface area contributed by atoms with Gasteiger partial charge in [0.2, 0.25) is 0 Å². The Kier molecular flexibility index (Phi) is 3.27. The summed E-state index contributed by atoms with van der Waals surface area (Å²) >= 11 is 0. The lowest BCUT2D eigenvalue weighted by Crippen LogP contribution is -2.52. The minimum absolute atomic E-state index is 0.0992. The molecule has 0 aromatic rings. The van der Waals surface area contributed by atoms with Crippen molar-refractivity contribution in [2.24, 2.45) is 0 Å². The van der Waals surface area contributed by atoms with Crippen molar-refractivity contribution in [2.45, 2.75) is 31.3 Å². The number of hydrogen-bond acceptors (Lipinski definition) is 5. The Hall–Kier alpha value is -1.25. The molecule has 0 aromatic carbocycles. The Morgan fingerprint density at radius 3 is 2.88 bits per heavy atom. The van der Waals surface area contributed by atoms with Crippen molar-refractivity contribution >= 4 is 11.9 Å². The predicted molar refractivity (Wildman–Crippen MR) is 53.8 cm³/mol. The third-order valence-corrected chi connectivity index (χ3v) is 2.97. The van der Waals surface area contributed by atoms with E-state index in [0.717, 1.165) is 4.90 Å². The van der Waals surface area contributed by atoms with Crippen LogP contribution in [0.1, 0.15) is 12.8 Å². The van der Waals surface area contributed by atoms with Gasteiger partial charge in [0, 0.05) is 19.4 Å². The molecule has 0 saturated carbocycles. The normalized spacial score (nSPS) is 34.6. The summed E-state index contributed by atoms with van der Waals surface area (Å²) in [6, 6.07) is -0.961. The van der Waals surface area contributed by atoms with Crippen LogP contribution >= 0.6 is 0 Å². The number of amides is 2. The maximum Gasteiger partial charge on any atom is 0.356 e. The van der Waals surface area contributed by atoms with E-state index < -0.39 is 24.5 Å². The number of halogens is 1. The largest absolute Gasteiger partial charge is 0.394 e. The second-order valence-electron chi connectivity index (χ2n) is 4.07. The molecule has 2 amide bonds. The zero-order valence-electron chi connectivity index (χ0n) is 9.04. The molecule has 2 heterocycles. The monoisotopic (exact) mass is 247 g/mol. The van der Waals surface area contributed by atoms with E-state index in [1.807, 2.05) is 0 Å². The highest BCUT2D eigenvalue weighted by atomic mass is 19.2. The molecule has 0 unspecified atom stereocenters. The first-order valence-corrected chi connectivity index (χ1v) is 5.33. The first-order valence-electron chi connectivity index (χ1n) is 5.33. The van der Waals surface area contributed by atoms with Crippen molar-refractivity contribution in [1.82, 2.24) is 10.0 Å². The Bertz CT molecular complexity index is 340. The molecular formula is C9H14FN3O4. The summed E-state index contributed by atoms with van der Waals surface area (Å²) in [4.78, 5) is 12.7. The highest BCUT2D eigenvalue weighted by Crippen LogP contribution is 2.26. The highest BCUT2D eigenvalue weighted by molar-refractivity contribution is 5.96. The molecule has 0 radical (unpaired) electrons. The number of aliphatic hydroxyl groups is 2. The van der Waals surface area contributed by atoms with Crippen LogP contribution in [0.15, 0.2) is 0 Å². The molecule has 3 atom stereocenters. The first kappa shape index (κ1) is 12.2. The number of nitrogens with zero attached hydrogens (tertiary/aromatic N) is 2. The smallest absolute Gasteiger partial charge is 0.356 e. The number of aliphatic hydroxyl groups excluding tert-OH is 2. The SMILES string of the molecule is N=C1CCN([C@H]2C[C@H](O)[C@@H](CO)O2)C(=O)N1F. The predicted octanol–water partition coefficient (Wildman–Crippen LogP) is -0.556.